The van der Waals surface area contributed by atoms with E-state index in [-0.39, 0.29) is 0 Å². The predicted molar refractivity (Wildman–Crippen MR) is 218 cm³/mol. The number of para-hydroxylation sites is 1. The highest BCUT2D eigenvalue weighted by molar-refractivity contribution is 6.19. The lowest BCUT2D eigenvalue weighted by atomic mass is 9.84. The van der Waals surface area contributed by atoms with E-state index in [4.69, 9.17) is 15.0 Å². The SMILES string of the molecule is c1ccc(-c2nc(-c3ccccc3)nc(-c3ccc(-c4ccc5c6c(cccc46)-c4c(-c6ccccc6)cccc4N5c4ccccc4)cc3)n2)cc1. The molecular weight excluding hydrogens is 645 g/mol. The van der Waals surface area contributed by atoms with E-state index in [2.05, 4.69) is 138 Å². The molecule has 0 saturated heterocycles. The minimum Gasteiger partial charge on any atom is -0.309 e. The second-order valence-corrected chi connectivity index (χ2v) is 13.2. The zero-order valence-corrected chi connectivity index (χ0v) is 28.8. The number of rotatable bonds is 6. The fraction of sp³-hybridized carbons (Fsp3) is 0. The van der Waals surface area contributed by atoms with Crippen LogP contribution in [0.5, 0.6) is 0 Å². The van der Waals surface area contributed by atoms with Crippen molar-refractivity contribution in [2.45, 2.75) is 0 Å². The van der Waals surface area contributed by atoms with E-state index in [1.807, 2.05) is 60.7 Å². The third kappa shape index (κ3) is 5.36. The zero-order valence-electron chi connectivity index (χ0n) is 28.8. The second kappa shape index (κ2) is 12.9. The largest absolute Gasteiger partial charge is 0.309 e. The van der Waals surface area contributed by atoms with E-state index in [1.54, 1.807) is 0 Å². The summed E-state index contributed by atoms with van der Waals surface area (Å²) in [5.74, 6) is 1.95. The molecule has 0 atom stereocenters. The summed E-state index contributed by atoms with van der Waals surface area (Å²) < 4.78 is 0. The van der Waals surface area contributed by atoms with Gasteiger partial charge in [0, 0.05) is 33.3 Å². The maximum Gasteiger partial charge on any atom is 0.164 e. The van der Waals surface area contributed by atoms with Crippen LogP contribution < -0.4 is 4.90 Å². The average molecular weight is 677 g/mol. The molecule has 0 saturated carbocycles. The van der Waals surface area contributed by atoms with Gasteiger partial charge in [0.1, 0.15) is 0 Å². The van der Waals surface area contributed by atoms with Gasteiger partial charge in [-0.25, -0.2) is 15.0 Å². The fourth-order valence-electron chi connectivity index (χ4n) is 7.62. The Labute approximate surface area is 308 Å². The molecule has 1 aliphatic heterocycles. The van der Waals surface area contributed by atoms with Crippen LogP contribution in [0, 0.1) is 0 Å². The summed E-state index contributed by atoms with van der Waals surface area (Å²) in [6.45, 7) is 0. The Morgan fingerprint density at radius 1 is 0.302 bits per heavy atom. The molecule has 248 valence electrons. The quantitative estimate of drug-likeness (QED) is 0.176. The van der Waals surface area contributed by atoms with E-state index in [0.29, 0.717) is 17.5 Å². The first-order valence-electron chi connectivity index (χ1n) is 17.9. The van der Waals surface area contributed by atoms with Crippen molar-refractivity contribution in [1.29, 1.82) is 0 Å². The summed E-state index contributed by atoms with van der Waals surface area (Å²) in [7, 11) is 0. The summed E-state index contributed by atoms with van der Waals surface area (Å²) in [6.07, 6.45) is 0. The smallest absolute Gasteiger partial charge is 0.164 e. The van der Waals surface area contributed by atoms with E-state index in [9.17, 15) is 0 Å². The van der Waals surface area contributed by atoms with Gasteiger partial charge in [0.25, 0.3) is 0 Å². The molecule has 9 aromatic rings. The third-order valence-electron chi connectivity index (χ3n) is 10.1. The third-order valence-corrected chi connectivity index (χ3v) is 10.1. The van der Waals surface area contributed by atoms with Crippen molar-refractivity contribution in [3.8, 4) is 67.5 Å². The highest BCUT2D eigenvalue weighted by Crippen LogP contribution is 2.54. The van der Waals surface area contributed by atoms with Gasteiger partial charge in [-0.2, -0.15) is 0 Å². The Hall–Kier alpha value is -7.17. The topological polar surface area (TPSA) is 41.9 Å². The minimum atomic E-state index is 0.643. The molecule has 1 aliphatic rings. The normalized spacial score (nSPS) is 11.7. The van der Waals surface area contributed by atoms with Gasteiger partial charge < -0.3 is 4.90 Å². The van der Waals surface area contributed by atoms with Crippen molar-refractivity contribution in [2.24, 2.45) is 0 Å². The molecule has 0 fully saturated rings. The number of hydrogen-bond acceptors (Lipinski definition) is 4. The minimum absolute atomic E-state index is 0.643. The van der Waals surface area contributed by atoms with Crippen molar-refractivity contribution in [2.75, 3.05) is 4.90 Å². The fourth-order valence-corrected chi connectivity index (χ4v) is 7.62. The molecule has 0 N–H and O–H groups in total. The van der Waals surface area contributed by atoms with Gasteiger partial charge in [-0.1, -0.05) is 170 Å². The Balaban J connectivity index is 1.13. The van der Waals surface area contributed by atoms with Crippen LogP contribution in [-0.2, 0) is 0 Å². The lowest BCUT2D eigenvalue weighted by Gasteiger charge is -2.35. The standard InChI is InChI=1S/C49H32N4/c1-5-15-33(16-6-1)40-23-14-26-43-45(40)42-25-13-24-41-39(31-32-44(46(41)42)53(43)38-21-11-4-12-22-38)34-27-29-37(30-28-34)49-51-47(35-17-7-2-8-18-35)50-48(52-49)36-19-9-3-10-20-36/h1-32H. The molecule has 1 aromatic heterocycles. The van der Waals surface area contributed by atoms with Gasteiger partial charge in [0.05, 0.1) is 11.4 Å². The van der Waals surface area contributed by atoms with Gasteiger partial charge in [-0.3, -0.25) is 0 Å². The summed E-state index contributed by atoms with van der Waals surface area (Å²) in [6, 6.07) is 68.2. The van der Waals surface area contributed by atoms with Crippen molar-refractivity contribution < 1.29 is 0 Å². The Morgan fingerprint density at radius 3 is 1.38 bits per heavy atom. The van der Waals surface area contributed by atoms with Crippen LogP contribution in [0.2, 0.25) is 0 Å². The number of fused-ring (bicyclic) bond motifs is 2. The number of anilines is 3. The van der Waals surface area contributed by atoms with E-state index in [1.165, 1.54) is 50.0 Å². The molecule has 2 heterocycles. The van der Waals surface area contributed by atoms with Gasteiger partial charge in [-0.15, -0.1) is 0 Å². The number of nitrogens with zero attached hydrogens (tertiary/aromatic N) is 4. The molecule has 53 heavy (non-hydrogen) atoms. The van der Waals surface area contributed by atoms with Gasteiger partial charge in [0.15, 0.2) is 17.5 Å². The number of hydrogen-bond donors (Lipinski definition) is 0. The lowest BCUT2D eigenvalue weighted by molar-refractivity contribution is 1.07. The van der Waals surface area contributed by atoms with E-state index in [0.717, 1.165) is 27.9 Å². The first-order chi connectivity index (χ1) is 26.3. The van der Waals surface area contributed by atoms with Crippen molar-refractivity contribution in [1.82, 2.24) is 15.0 Å². The molecule has 0 unspecified atom stereocenters. The van der Waals surface area contributed by atoms with Gasteiger partial charge in [0.2, 0.25) is 0 Å². The Kier molecular flexibility index (Phi) is 7.43. The van der Waals surface area contributed by atoms with Gasteiger partial charge in [-0.05, 0) is 57.5 Å². The number of benzene rings is 8. The monoisotopic (exact) mass is 676 g/mol. The molecule has 8 aromatic carbocycles. The van der Waals surface area contributed by atoms with Crippen molar-refractivity contribution in [3.05, 3.63) is 194 Å². The van der Waals surface area contributed by atoms with Crippen LogP contribution in [0.15, 0.2) is 194 Å². The lowest BCUT2D eigenvalue weighted by Crippen LogP contribution is -2.15. The Bertz CT molecular complexity index is 2690. The average Bonchev–Trinajstić information content (AvgIpc) is 3.25. The Morgan fingerprint density at radius 2 is 0.774 bits per heavy atom. The van der Waals surface area contributed by atoms with Crippen LogP contribution in [0.4, 0.5) is 17.1 Å². The summed E-state index contributed by atoms with van der Waals surface area (Å²) >= 11 is 0. The van der Waals surface area contributed by atoms with Crippen molar-refractivity contribution >= 4 is 27.8 Å². The van der Waals surface area contributed by atoms with Crippen LogP contribution >= 0.6 is 0 Å². The molecule has 0 bridgehead atoms. The number of aromatic nitrogens is 3. The molecular formula is C49H32N4. The van der Waals surface area contributed by atoms with Crippen molar-refractivity contribution in [3.63, 3.8) is 0 Å². The molecule has 0 radical (unpaired) electrons. The summed E-state index contributed by atoms with van der Waals surface area (Å²) in [5.41, 5.74) is 13.5. The van der Waals surface area contributed by atoms with E-state index < -0.39 is 0 Å². The molecule has 0 spiro atoms. The van der Waals surface area contributed by atoms with Gasteiger partial charge >= 0.3 is 0 Å². The van der Waals surface area contributed by atoms with E-state index >= 15 is 0 Å². The van der Waals surface area contributed by atoms with Crippen LogP contribution in [0.25, 0.3) is 78.3 Å². The summed E-state index contributed by atoms with van der Waals surface area (Å²) in [4.78, 5) is 17.2. The molecule has 0 amide bonds. The second-order valence-electron chi connectivity index (χ2n) is 13.2. The molecule has 10 rings (SSSR count). The van der Waals surface area contributed by atoms with Crippen LogP contribution in [0.1, 0.15) is 0 Å². The molecule has 4 heteroatoms. The molecule has 4 nitrogen and oxygen atoms in total. The first-order valence-corrected chi connectivity index (χ1v) is 17.9. The zero-order chi connectivity index (χ0) is 35.1. The van der Waals surface area contributed by atoms with Crippen LogP contribution in [-0.4, -0.2) is 15.0 Å². The molecule has 0 aliphatic carbocycles. The van der Waals surface area contributed by atoms with Crippen LogP contribution in [0.3, 0.4) is 0 Å². The maximum absolute atomic E-state index is 4.96. The predicted octanol–water partition coefficient (Wildman–Crippen LogP) is 12.8. The summed E-state index contributed by atoms with van der Waals surface area (Å²) in [5, 5.41) is 2.45. The first kappa shape index (κ1) is 30.6. The highest BCUT2D eigenvalue weighted by atomic mass is 15.2. The maximum atomic E-state index is 4.96. The highest BCUT2D eigenvalue weighted by Gasteiger charge is 2.29.